The number of aryl methyl sites for hydroxylation is 1. The number of nitrogens with two attached hydrogens (primary N) is 1. The molecule has 1 heterocycles. The molecule has 0 unspecified atom stereocenters. The van der Waals surface area contributed by atoms with E-state index in [0.717, 1.165) is 23.0 Å². The third-order valence-electron chi connectivity index (χ3n) is 5.64. The number of primary amides is 1. The largest absolute Gasteiger partial charge is 0.435 e. The second-order valence-electron chi connectivity index (χ2n) is 8.20. The summed E-state index contributed by atoms with van der Waals surface area (Å²) >= 11 is 0. The van der Waals surface area contributed by atoms with Crippen molar-refractivity contribution in [2.45, 2.75) is 12.4 Å². The van der Waals surface area contributed by atoms with Crippen molar-refractivity contribution < 1.29 is 35.9 Å². The minimum absolute atomic E-state index is 0.00393. The highest BCUT2D eigenvalue weighted by molar-refractivity contribution is 6.16. The van der Waals surface area contributed by atoms with Gasteiger partial charge in [0.1, 0.15) is 0 Å². The van der Waals surface area contributed by atoms with E-state index in [1.54, 1.807) is 0 Å². The zero-order valence-corrected chi connectivity index (χ0v) is 19.5. The molecule has 0 aliphatic rings. The summed E-state index contributed by atoms with van der Waals surface area (Å²) in [5.41, 5.74) is 1.24. The van der Waals surface area contributed by atoms with Gasteiger partial charge < -0.3 is 11.1 Å². The Labute approximate surface area is 211 Å². The van der Waals surface area contributed by atoms with Crippen LogP contribution in [0.2, 0.25) is 0 Å². The first-order valence-electron chi connectivity index (χ1n) is 10.9. The molecule has 0 fully saturated rings. The van der Waals surface area contributed by atoms with E-state index in [4.69, 9.17) is 5.73 Å². The first kappa shape index (κ1) is 26.5. The van der Waals surface area contributed by atoms with Crippen molar-refractivity contribution in [2.75, 3.05) is 5.32 Å². The lowest BCUT2D eigenvalue weighted by Gasteiger charge is -2.18. The molecule has 12 heteroatoms. The van der Waals surface area contributed by atoms with E-state index in [9.17, 15) is 35.9 Å². The standard InChI is InChI=1S/C26H18F6N4O2/c1-36-13-18(22(35-36)26(30,31)32)16-9-6-10-17(23(33)37)21(16)24(38)34-20-12-5-3-8-15(20)14-7-2-4-11-19(14)25(27,28)29/h2-13H,1H3,(H2,33,37)(H,34,38). The van der Waals surface area contributed by atoms with Crippen molar-refractivity contribution in [3.63, 3.8) is 0 Å². The molecule has 0 aliphatic carbocycles. The van der Waals surface area contributed by atoms with E-state index in [2.05, 4.69) is 10.4 Å². The van der Waals surface area contributed by atoms with Gasteiger partial charge in [0.15, 0.2) is 5.69 Å². The Balaban J connectivity index is 1.88. The summed E-state index contributed by atoms with van der Waals surface area (Å²) in [5.74, 6) is -2.14. The van der Waals surface area contributed by atoms with Gasteiger partial charge in [0, 0.05) is 30.1 Å². The molecule has 2 amide bonds. The number of benzene rings is 3. The molecule has 4 aromatic rings. The predicted octanol–water partition coefficient (Wildman–Crippen LogP) is 6.14. The van der Waals surface area contributed by atoms with E-state index < -0.39 is 46.6 Å². The van der Waals surface area contributed by atoms with Gasteiger partial charge in [-0.1, -0.05) is 48.5 Å². The fourth-order valence-electron chi connectivity index (χ4n) is 4.10. The van der Waals surface area contributed by atoms with Crippen LogP contribution in [-0.2, 0) is 19.4 Å². The Morgan fingerprint density at radius 2 is 1.39 bits per heavy atom. The van der Waals surface area contributed by atoms with Crippen LogP contribution in [0.5, 0.6) is 0 Å². The van der Waals surface area contributed by atoms with Crippen molar-refractivity contribution in [1.29, 1.82) is 0 Å². The maximum Gasteiger partial charge on any atom is 0.435 e. The molecule has 196 valence electrons. The van der Waals surface area contributed by atoms with Gasteiger partial charge in [-0.05, 0) is 29.3 Å². The Kier molecular flexibility index (Phi) is 6.75. The number of hydrogen-bond donors (Lipinski definition) is 2. The zero-order valence-electron chi connectivity index (χ0n) is 19.5. The highest BCUT2D eigenvalue weighted by atomic mass is 19.4. The van der Waals surface area contributed by atoms with Crippen LogP contribution in [0.4, 0.5) is 32.0 Å². The molecule has 6 nitrogen and oxygen atoms in total. The van der Waals surface area contributed by atoms with Crippen molar-refractivity contribution in [3.8, 4) is 22.3 Å². The van der Waals surface area contributed by atoms with E-state index in [1.807, 2.05) is 0 Å². The number of para-hydroxylation sites is 1. The van der Waals surface area contributed by atoms with Crippen molar-refractivity contribution in [2.24, 2.45) is 12.8 Å². The summed E-state index contributed by atoms with van der Waals surface area (Å²) in [6.07, 6.45) is -8.55. The van der Waals surface area contributed by atoms with Crippen LogP contribution < -0.4 is 11.1 Å². The van der Waals surface area contributed by atoms with Gasteiger partial charge in [-0.3, -0.25) is 14.3 Å². The molecular formula is C26H18F6N4O2. The Bertz CT molecular complexity index is 1540. The second-order valence-corrected chi connectivity index (χ2v) is 8.20. The number of carbonyl (C=O) groups excluding carboxylic acids is 2. The van der Waals surface area contributed by atoms with Gasteiger partial charge in [-0.25, -0.2) is 0 Å². The van der Waals surface area contributed by atoms with Crippen LogP contribution in [0.1, 0.15) is 32.0 Å². The lowest BCUT2D eigenvalue weighted by atomic mass is 9.93. The molecule has 0 bridgehead atoms. The highest BCUT2D eigenvalue weighted by Crippen LogP contribution is 2.41. The van der Waals surface area contributed by atoms with Crippen LogP contribution in [0.3, 0.4) is 0 Å². The average molecular weight is 532 g/mol. The summed E-state index contributed by atoms with van der Waals surface area (Å²) in [5, 5.41) is 5.89. The monoisotopic (exact) mass is 532 g/mol. The molecule has 38 heavy (non-hydrogen) atoms. The minimum Gasteiger partial charge on any atom is -0.366 e. The highest BCUT2D eigenvalue weighted by Gasteiger charge is 2.39. The maximum atomic E-state index is 13.7. The summed E-state index contributed by atoms with van der Waals surface area (Å²) < 4.78 is 83.0. The molecule has 0 saturated carbocycles. The van der Waals surface area contributed by atoms with Gasteiger partial charge in [0.05, 0.1) is 16.7 Å². The van der Waals surface area contributed by atoms with Gasteiger partial charge in [-0.2, -0.15) is 31.4 Å². The molecule has 0 saturated heterocycles. The molecule has 3 N–H and O–H groups in total. The molecule has 0 atom stereocenters. The first-order valence-corrected chi connectivity index (χ1v) is 10.9. The normalized spacial score (nSPS) is 11.9. The number of alkyl halides is 6. The topological polar surface area (TPSA) is 90.0 Å². The van der Waals surface area contributed by atoms with Crippen LogP contribution in [0.25, 0.3) is 22.3 Å². The fourth-order valence-corrected chi connectivity index (χ4v) is 4.10. The Morgan fingerprint density at radius 3 is 2.03 bits per heavy atom. The van der Waals surface area contributed by atoms with Crippen molar-refractivity contribution in [3.05, 3.63) is 95.3 Å². The Morgan fingerprint density at radius 1 is 0.789 bits per heavy atom. The quantitative estimate of drug-likeness (QED) is 0.303. The molecule has 1 aromatic heterocycles. The van der Waals surface area contributed by atoms with Crippen molar-refractivity contribution >= 4 is 17.5 Å². The summed E-state index contributed by atoms with van der Waals surface area (Å²) in [4.78, 5) is 25.7. The van der Waals surface area contributed by atoms with Gasteiger partial charge in [0.25, 0.3) is 5.91 Å². The number of nitrogens with one attached hydrogen (secondary N) is 1. The van der Waals surface area contributed by atoms with Crippen LogP contribution in [0.15, 0.2) is 72.9 Å². The van der Waals surface area contributed by atoms with Gasteiger partial charge >= 0.3 is 12.4 Å². The molecule has 0 aliphatic heterocycles. The molecule has 4 rings (SSSR count). The summed E-state index contributed by atoms with van der Waals surface area (Å²) in [7, 11) is 1.25. The van der Waals surface area contributed by atoms with E-state index >= 15 is 0 Å². The smallest absolute Gasteiger partial charge is 0.366 e. The number of nitrogens with zero attached hydrogens (tertiary/aromatic N) is 2. The average Bonchev–Trinajstić information content (AvgIpc) is 3.25. The van der Waals surface area contributed by atoms with Gasteiger partial charge in [-0.15, -0.1) is 0 Å². The maximum absolute atomic E-state index is 13.7. The zero-order chi connectivity index (χ0) is 27.8. The van der Waals surface area contributed by atoms with E-state index in [0.29, 0.717) is 0 Å². The number of aromatic nitrogens is 2. The number of rotatable bonds is 5. The SMILES string of the molecule is Cn1cc(-c2cccc(C(N)=O)c2C(=O)Nc2ccccc2-c2ccccc2C(F)(F)F)c(C(F)(F)F)n1. The number of amides is 2. The van der Waals surface area contributed by atoms with Crippen LogP contribution in [-0.4, -0.2) is 21.6 Å². The molecule has 0 radical (unpaired) electrons. The number of hydrogen-bond acceptors (Lipinski definition) is 3. The number of carbonyl (C=O) groups is 2. The minimum atomic E-state index is -4.89. The van der Waals surface area contributed by atoms with E-state index in [-0.39, 0.29) is 27.9 Å². The lowest BCUT2D eigenvalue weighted by Crippen LogP contribution is -2.22. The number of halogens is 6. The van der Waals surface area contributed by atoms with Crippen molar-refractivity contribution in [1.82, 2.24) is 9.78 Å². The predicted molar refractivity (Wildman–Crippen MR) is 127 cm³/mol. The molecule has 3 aromatic carbocycles. The third kappa shape index (κ3) is 5.10. The Hall–Kier alpha value is -4.61. The number of anilines is 1. The van der Waals surface area contributed by atoms with Crippen LogP contribution in [0, 0.1) is 0 Å². The molecular weight excluding hydrogens is 514 g/mol. The van der Waals surface area contributed by atoms with E-state index in [1.165, 1.54) is 61.6 Å². The first-order chi connectivity index (χ1) is 17.8. The molecule has 0 spiro atoms. The second kappa shape index (κ2) is 9.69. The lowest BCUT2D eigenvalue weighted by molar-refractivity contribution is -0.141. The summed E-state index contributed by atoms with van der Waals surface area (Å²) in [6, 6.07) is 13.9. The fraction of sp³-hybridized carbons (Fsp3) is 0.115. The van der Waals surface area contributed by atoms with Crippen LogP contribution >= 0.6 is 0 Å². The summed E-state index contributed by atoms with van der Waals surface area (Å²) in [6.45, 7) is 0. The third-order valence-corrected chi connectivity index (χ3v) is 5.64. The van der Waals surface area contributed by atoms with Gasteiger partial charge in [0.2, 0.25) is 5.91 Å².